The molecule has 2 N–H and O–H groups in total. The Balaban J connectivity index is 2.71. The molecule has 0 aliphatic heterocycles. The number of nitrogens with one attached hydrogen (secondary N) is 1. The Kier molecular flexibility index (Phi) is 5.65. The Morgan fingerprint density at radius 2 is 1.86 bits per heavy atom. The highest BCUT2D eigenvalue weighted by molar-refractivity contribution is 5.76. The van der Waals surface area contributed by atoms with Crippen molar-refractivity contribution in [3.63, 3.8) is 0 Å². The average Bonchev–Trinajstić information content (AvgIpc) is 3.06. The Bertz CT molecular complexity index is 376. The average molecular weight is 299 g/mol. The Labute approximate surface area is 127 Å². The molecular formula is C16H29NO4. The summed E-state index contributed by atoms with van der Waals surface area (Å²) in [5, 5.41) is 12.4. The maximum atomic E-state index is 11.8. The van der Waals surface area contributed by atoms with Crippen molar-refractivity contribution in [2.75, 3.05) is 6.54 Å². The number of ether oxygens (including phenoxy) is 1. The number of alkyl carbamates (subject to hydrolysis) is 1. The maximum absolute atomic E-state index is 11.8. The molecule has 0 aromatic carbocycles. The van der Waals surface area contributed by atoms with Gasteiger partial charge in [-0.2, -0.15) is 0 Å². The predicted molar refractivity (Wildman–Crippen MR) is 81.1 cm³/mol. The van der Waals surface area contributed by atoms with Gasteiger partial charge in [-0.25, -0.2) is 4.79 Å². The number of carboxylic acid groups (broad SMARTS) is 1. The third-order valence-corrected chi connectivity index (χ3v) is 3.60. The minimum atomic E-state index is -0.883. The number of carbonyl (C=O) groups excluding carboxylic acids is 1. The van der Waals surface area contributed by atoms with Crippen molar-refractivity contribution in [2.45, 2.75) is 65.9 Å². The van der Waals surface area contributed by atoms with Gasteiger partial charge in [0.1, 0.15) is 5.60 Å². The van der Waals surface area contributed by atoms with E-state index in [1.807, 2.05) is 13.8 Å². The van der Waals surface area contributed by atoms with Gasteiger partial charge >= 0.3 is 12.1 Å². The second kappa shape index (κ2) is 6.67. The van der Waals surface area contributed by atoms with Gasteiger partial charge in [0.05, 0.1) is 5.41 Å². The zero-order valence-corrected chi connectivity index (χ0v) is 13.9. The van der Waals surface area contributed by atoms with Crippen LogP contribution in [-0.2, 0) is 9.53 Å². The summed E-state index contributed by atoms with van der Waals surface area (Å²) in [6.45, 7) is 9.52. The number of aliphatic carboxylic acids is 1. The summed E-state index contributed by atoms with van der Waals surface area (Å²) < 4.78 is 5.20. The van der Waals surface area contributed by atoms with Gasteiger partial charge in [0.15, 0.2) is 0 Å². The lowest BCUT2D eigenvalue weighted by molar-refractivity contribution is -0.150. The number of hydrogen-bond donors (Lipinski definition) is 2. The van der Waals surface area contributed by atoms with Gasteiger partial charge in [-0.05, 0) is 45.4 Å². The van der Waals surface area contributed by atoms with Gasteiger partial charge in [-0.15, -0.1) is 0 Å². The fourth-order valence-corrected chi connectivity index (χ4v) is 2.69. The summed E-state index contributed by atoms with van der Waals surface area (Å²) >= 11 is 0. The van der Waals surface area contributed by atoms with Crippen LogP contribution in [0.4, 0.5) is 4.79 Å². The van der Waals surface area contributed by atoms with Crippen molar-refractivity contribution in [2.24, 2.45) is 17.3 Å². The minimum Gasteiger partial charge on any atom is -0.481 e. The first-order chi connectivity index (χ1) is 9.54. The molecule has 1 amide bonds. The van der Waals surface area contributed by atoms with Crippen molar-refractivity contribution in [1.29, 1.82) is 0 Å². The van der Waals surface area contributed by atoms with Crippen molar-refractivity contribution >= 4 is 12.1 Å². The second-order valence-electron chi connectivity index (χ2n) is 7.69. The Morgan fingerprint density at radius 1 is 1.29 bits per heavy atom. The number of rotatable bonds is 7. The molecule has 1 saturated carbocycles. The third kappa shape index (κ3) is 6.36. The smallest absolute Gasteiger partial charge is 0.407 e. The van der Waals surface area contributed by atoms with E-state index in [-0.39, 0.29) is 12.5 Å². The molecule has 21 heavy (non-hydrogen) atoms. The standard InChI is InChI=1S/C16H29NO4/c1-11(2)8-16(13(18)19,9-12-6-7-12)10-17-14(20)21-15(3,4)5/h11-12H,6-10H2,1-5H3,(H,17,20)(H,18,19). The van der Waals surface area contributed by atoms with E-state index in [0.717, 1.165) is 12.8 Å². The summed E-state index contributed by atoms with van der Waals surface area (Å²) in [5.74, 6) is -0.0697. The van der Waals surface area contributed by atoms with Crippen LogP contribution in [-0.4, -0.2) is 29.3 Å². The van der Waals surface area contributed by atoms with Crippen LogP contribution >= 0.6 is 0 Å². The fraction of sp³-hybridized carbons (Fsp3) is 0.875. The summed E-state index contributed by atoms with van der Waals surface area (Å²) in [6.07, 6.45) is 2.84. The Hall–Kier alpha value is -1.26. The Morgan fingerprint density at radius 3 is 2.24 bits per heavy atom. The van der Waals surface area contributed by atoms with Crippen LogP contribution < -0.4 is 5.32 Å². The van der Waals surface area contributed by atoms with E-state index in [0.29, 0.717) is 18.8 Å². The maximum Gasteiger partial charge on any atom is 0.407 e. The van der Waals surface area contributed by atoms with E-state index in [2.05, 4.69) is 5.32 Å². The molecule has 0 aromatic rings. The SMILES string of the molecule is CC(C)CC(CNC(=O)OC(C)(C)C)(CC1CC1)C(=O)O. The normalized spacial score (nSPS) is 18.2. The summed E-state index contributed by atoms with van der Waals surface area (Å²) in [7, 11) is 0. The lowest BCUT2D eigenvalue weighted by Crippen LogP contribution is -2.45. The number of carbonyl (C=O) groups is 2. The monoisotopic (exact) mass is 299 g/mol. The fourth-order valence-electron chi connectivity index (χ4n) is 2.69. The molecule has 0 spiro atoms. The molecule has 1 aliphatic rings. The van der Waals surface area contributed by atoms with Crippen LogP contribution in [0.1, 0.15) is 60.3 Å². The lowest BCUT2D eigenvalue weighted by Gasteiger charge is -2.32. The number of carboxylic acids is 1. The molecular weight excluding hydrogens is 270 g/mol. The summed E-state index contributed by atoms with van der Waals surface area (Å²) in [5.41, 5.74) is -1.46. The highest BCUT2D eigenvalue weighted by Gasteiger charge is 2.44. The third-order valence-electron chi connectivity index (χ3n) is 3.60. The highest BCUT2D eigenvalue weighted by Crippen LogP contribution is 2.43. The quantitative estimate of drug-likeness (QED) is 0.755. The van der Waals surface area contributed by atoms with Crippen LogP contribution in [0.3, 0.4) is 0 Å². The summed E-state index contributed by atoms with van der Waals surface area (Å²) in [4.78, 5) is 23.6. The van der Waals surface area contributed by atoms with E-state index in [9.17, 15) is 14.7 Å². The van der Waals surface area contributed by atoms with Gasteiger partial charge in [-0.1, -0.05) is 26.7 Å². The second-order valence-corrected chi connectivity index (χ2v) is 7.69. The molecule has 0 radical (unpaired) electrons. The van der Waals surface area contributed by atoms with E-state index in [1.165, 1.54) is 0 Å². The van der Waals surface area contributed by atoms with E-state index < -0.39 is 23.1 Å². The molecule has 1 fully saturated rings. The van der Waals surface area contributed by atoms with Crippen LogP contribution in [0.2, 0.25) is 0 Å². The summed E-state index contributed by atoms with van der Waals surface area (Å²) in [6, 6.07) is 0. The first-order valence-corrected chi connectivity index (χ1v) is 7.74. The molecule has 5 heteroatoms. The van der Waals surface area contributed by atoms with Gasteiger partial charge in [0.2, 0.25) is 0 Å². The molecule has 1 atom stereocenters. The molecule has 1 unspecified atom stereocenters. The van der Waals surface area contributed by atoms with Crippen LogP contribution in [0.25, 0.3) is 0 Å². The zero-order valence-electron chi connectivity index (χ0n) is 13.9. The minimum absolute atomic E-state index is 0.131. The van der Waals surface area contributed by atoms with Crippen LogP contribution in [0, 0.1) is 17.3 Å². The van der Waals surface area contributed by atoms with E-state index in [1.54, 1.807) is 20.8 Å². The number of hydrogen-bond acceptors (Lipinski definition) is 3. The molecule has 1 aliphatic carbocycles. The van der Waals surface area contributed by atoms with Gasteiger partial charge in [0, 0.05) is 6.54 Å². The molecule has 0 aromatic heterocycles. The first-order valence-electron chi connectivity index (χ1n) is 7.74. The topological polar surface area (TPSA) is 75.6 Å². The van der Waals surface area contributed by atoms with Crippen molar-refractivity contribution in [3.05, 3.63) is 0 Å². The van der Waals surface area contributed by atoms with Crippen LogP contribution in [0.15, 0.2) is 0 Å². The first kappa shape index (κ1) is 17.8. The number of amides is 1. The molecule has 0 heterocycles. The van der Waals surface area contributed by atoms with Gasteiger partial charge < -0.3 is 15.2 Å². The molecule has 122 valence electrons. The molecule has 5 nitrogen and oxygen atoms in total. The lowest BCUT2D eigenvalue weighted by atomic mass is 9.75. The van der Waals surface area contributed by atoms with Crippen molar-refractivity contribution in [3.8, 4) is 0 Å². The zero-order chi connectivity index (χ0) is 16.3. The van der Waals surface area contributed by atoms with Gasteiger partial charge in [0.25, 0.3) is 0 Å². The van der Waals surface area contributed by atoms with Crippen LogP contribution in [0.5, 0.6) is 0 Å². The largest absolute Gasteiger partial charge is 0.481 e. The molecule has 1 rings (SSSR count). The van der Waals surface area contributed by atoms with Gasteiger partial charge in [-0.3, -0.25) is 4.79 Å². The molecule has 0 bridgehead atoms. The van der Waals surface area contributed by atoms with E-state index in [4.69, 9.17) is 4.74 Å². The van der Waals surface area contributed by atoms with Crippen molar-refractivity contribution < 1.29 is 19.4 Å². The molecule has 0 saturated heterocycles. The van der Waals surface area contributed by atoms with Crippen molar-refractivity contribution in [1.82, 2.24) is 5.32 Å². The van der Waals surface area contributed by atoms with E-state index >= 15 is 0 Å². The highest BCUT2D eigenvalue weighted by atomic mass is 16.6. The predicted octanol–water partition coefficient (Wildman–Crippen LogP) is 3.43.